The zero-order valence-electron chi connectivity index (χ0n) is 13.1. The fraction of sp³-hybridized carbons (Fsp3) is 0.625. The van der Waals surface area contributed by atoms with E-state index in [1.54, 1.807) is 0 Å². The van der Waals surface area contributed by atoms with Crippen molar-refractivity contribution < 1.29 is 17.9 Å². The SMILES string of the molecule is O=S(=O)(c1cccc(F)c1)N1CCC(N2CCC[C@@H]2CO)CC1. The Balaban J connectivity index is 1.66. The lowest BCUT2D eigenvalue weighted by Gasteiger charge is -2.38. The number of hydrogen-bond donors (Lipinski definition) is 1. The van der Waals surface area contributed by atoms with Gasteiger partial charge in [-0.1, -0.05) is 6.07 Å². The maximum atomic E-state index is 13.3. The molecule has 2 fully saturated rings. The van der Waals surface area contributed by atoms with Crippen molar-refractivity contribution in [3.05, 3.63) is 30.1 Å². The van der Waals surface area contributed by atoms with Crippen LogP contribution in [0, 0.1) is 5.82 Å². The summed E-state index contributed by atoms with van der Waals surface area (Å²) in [5.41, 5.74) is 0. The fourth-order valence-corrected chi connectivity index (χ4v) is 5.23. The molecule has 2 aliphatic heterocycles. The Kier molecular flexibility index (Phi) is 5.01. The number of nitrogens with zero attached hydrogens (tertiary/aromatic N) is 2. The molecule has 2 heterocycles. The molecular weight excluding hydrogens is 319 g/mol. The number of piperidine rings is 1. The predicted octanol–water partition coefficient (Wildman–Crippen LogP) is 1.44. The molecule has 7 heteroatoms. The van der Waals surface area contributed by atoms with Gasteiger partial charge in [0.1, 0.15) is 5.82 Å². The maximum Gasteiger partial charge on any atom is 0.243 e. The van der Waals surface area contributed by atoms with Gasteiger partial charge in [0, 0.05) is 25.2 Å². The molecule has 0 spiro atoms. The summed E-state index contributed by atoms with van der Waals surface area (Å²) in [5, 5.41) is 9.44. The highest BCUT2D eigenvalue weighted by atomic mass is 32.2. The number of aliphatic hydroxyl groups is 1. The van der Waals surface area contributed by atoms with Gasteiger partial charge in [-0.25, -0.2) is 12.8 Å². The largest absolute Gasteiger partial charge is 0.395 e. The summed E-state index contributed by atoms with van der Waals surface area (Å²) >= 11 is 0. The first-order valence-electron chi connectivity index (χ1n) is 8.14. The highest BCUT2D eigenvalue weighted by molar-refractivity contribution is 7.89. The lowest BCUT2D eigenvalue weighted by molar-refractivity contribution is 0.0899. The first-order chi connectivity index (χ1) is 11.0. The first-order valence-corrected chi connectivity index (χ1v) is 9.58. The molecule has 1 aromatic rings. The third-order valence-corrected chi connectivity index (χ3v) is 6.85. The van der Waals surface area contributed by atoms with Gasteiger partial charge >= 0.3 is 0 Å². The van der Waals surface area contributed by atoms with E-state index >= 15 is 0 Å². The van der Waals surface area contributed by atoms with E-state index in [-0.39, 0.29) is 17.5 Å². The second kappa shape index (κ2) is 6.84. The third-order valence-electron chi connectivity index (χ3n) is 4.96. The van der Waals surface area contributed by atoms with E-state index in [1.165, 1.54) is 22.5 Å². The maximum absolute atomic E-state index is 13.3. The Bertz CT molecular complexity index is 644. The fourth-order valence-electron chi connectivity index (χ4n) is 3.73. The van der Waals surface area contributed by atoms with E-state index in [1.807, 2.05) is 0 Å². The average molecular weight is 342 g/mol. The van der Waals surface area contributed by atoms with Crippen LogP contribution >= 0.6 is 0 Å². The molecule has 1 aromatic carbocycles. The summed E-state index contributed by atoms with van der Waals surface area (Å²) in [4.78, 5) is 2.34. The van der Waals surface area contributed by atoms with Crippen LogP contribution < -0.4 is 0 Å². The molecule has 2 saturated heterocycles. The van der Waals surface area contributed by atoms with Crippen LogP contribution in [0.4, 0.5) is 4.39 Å². The van der Waals surface area contributed by atoms with Crippen LogP contribution in [0.3, 0.4) is 0 Å². The number of likely N-dealkylation sites (tertiary alicyclic amines) is 1. The van der Waals surface area contributed by atoms with Crippen molar-refractivity contribution in [2.24, 2.45) is 0 Å². The Morgan fingerprint density at radius 3 is 2.57 bits per heavy atom. The minimum atomic E-state index is -3.63. The minimum Gasteiger partial charge on any atom is -0.395 e. The summed E-state index contributed by atoms with van der Waals surface area (Å²) in [6.07, 6.45) is 3.61. The molecule has 0 amide bonds. The number of benzene rings is 1. The zero-order chi connectivity index (χ0) is 16.4. The van der Waals surface area contributed by atoms with Gasteiger partial charge in [-0.3, -0.25) is 4.90 Å². The van der Waals surface area contributed by atoms with Crippen molar-refractivity contribution in [3.63, 3.8) is 0 Å². The summed E-state index contributed by atoms with van der Waals surface area (Å²) in [5.74, 6) is -0.538. The van der Waals surface area contributed by atoms with Crippen LogP contribution in [0.15, 0.2) is 29.2 Å². The molecule has 128 valence electrons. The summed E-state index contributed by atoms with van der Waals surface area (Å²) in [6.45, 7) is 2.03. The zero-order valence-corrected chi connectivity index (χ0v) is 13.9. The van der Waals surface area contributed by atoms with Gasteiger partial charge in [0.25, 0.3) is 0 Å². The van der Waals surface area contributed by atoms with Gasteiger partial charge in [-0.05, 0) is 50.4 Å². The van der Waals surface area contributed by atoms with E-state index in [0.717, 1.165) is 38.3 Å². The van der Waals surface area contributed by atoms with Crippen molar-refractivity contribution in [3.8, 4) is 0 Å². The second-order valence-electron chi connectivity index (χ2n) is 6.31. The van der Waals surface area contributed by atoms with Crippen molar-refractivity contribution in [1.29, 1.82) is 0 Å². The van der Waals surface area contributed by atoms with E-state index < -0.39 is 15.8 Å². The second-order valence-corrected chi connectivity index (χ2v) is 8.25. The smallest absolute Gasteiger partial charge is 0.243 e. The Morgan fingerprint density at radius 1 is 1.17 bits per heavy atom. The topological polar surface area (TPSA) is 60.9 Å². The van der Waals surface area contributed by atoms with E-state index in [0.29, 0.717) is 19.1 Å². The summed E-state index contributed by atoms with van der Waals surface area (Å²) in [7, 11) is -3.63. The minimum absolute atomic E-state index is 0.0188. The van der Waals surface area contributed by atoms with Crippen molar-refractivity contribution >= 4 is 10.0 Å². The molecular formula is C16H23FN2O3S. The van der Waals surface area contributed by atoms with Crippen LogP contribution in [-0.4, -0.2) is 61.1 Å². The first kappa shape index (κ1) is 16.8. The van der Waals surface area contributed by atoms with Crippen molar-refractivity contribution in [2.75, 3.05) is 26.2 Å². The lowest BCUT2D eigenvalue weighted by atomic mass is 10.0. The standard InChI is InChI=1S/C16H23FN2O3S/c17-13-3-1-5-16(11-13)23(21,22)18-9-6-14(7-10-18)19-8-2-4-15(19)12-20/h1,3,5,11,14-15,20H,2,4,6-10,12H2/t15-/m1/s1. The Morgan fingerprint density at radius 2 is 1.91 bits per heavy atom. The molecule has 1 N–H and O–H groups in total. The van der Waals surface area contributed by atoms with Crippen molar-refractivity contribution in [1.82, 2.24) is 9.21 Å². The van der Waals surface area contributed by atoms with Gasteiger partial charge in [0.2, 0.25) is 10.0 Å². The molecule has 0 unspecified atom stereocenters. The Hall–Kier alpha value is -1.02. The van der Waals surface area contributed by atoms with Gasteiger partial charge < -0.3 is 5.11 Å². The quantitative estimate of drug-likeness (QED) is 0.899. The van der Waals surface area contributed by atoms with Gasteiger partial charge in [-0.2, -0.15) is 4.31 Å². The Labute approximate surface area is 136 Å². The molecule has 0 aromatic heterocycles. The molecule has 0 radical (unpaired) electrons. The highest BCUT2D eigenvalue weighted by Crippen LogP contribution is 2.28. The highest BCUT2D eigenvalue weighted by Gasteiger charge is 2.35. The number of hydrogen-bond acceptors (Lipinski definition) is 4. The van der Waals surface area contributed by atoms with Crippen LogP contribution in [0.1, 0.15) is 25.7 Å². The van der Waals surface area contributed by atoms with E-state index in [9.17, 15) is 17.9 Å². The van der Waals surface area contributed by atoms with Crippen molar-refractivity contribution in [2.45, 2.75) is 42.7 Å². The summed E-state index contributed by atoms with van der Waals surface area (Å²) < 4.78 is 39.9. The summed E-state index contributed by atoms with van der Waals surface area (Å²) in [6, 6.07) is 5.72. The monoisotopic (exact) mass is 342 g/mol. The molecule has 3 rings (SSSR count). The predicted molar refractivity (Wildman–Crippen MR) is 85.0 cm³/mol. The van der Waals surface area contributed by atoms with Crippen LogP contribution in [0.2, 0.25) is 0 Å². The van der Waals surface area contributed by atoms with Gasteiger partial charge in [0.15, 0.2) is 0 Å². The average Bonchev–Trinajstić information content (AvgIpc) is 3.03. The molecule has 0 saturated carbocycles. The van der Waals surface area contributed by atoms with Crippen LogP contribution in [0.5, 0.6) is 0 Å². The van der Waals surface area contributed by atoms with Crippen LogP contribution in [0.25, 0.3) is 0 Å². The molecule has 0 bridgehead atoms. The molecule has 5 nitrogen and oxygen atoms in total. The molecule has 23 heavy (non-hydrogen) atoms. The number of aliphatic hydroxyl groups excluding tert-OH is 1. The molecule has 0 aliphatic carbocycles. The lowest BCUT2D eigenvalue weighted by Crippen LogP contribution is -2.48. The number of sulfonamides is 1. The van der Waals surface area contributed by atoms with Crippen LogP contribution in [-0.2, 0) is 10.0 Å². The van der Waals surface area contributed by atoms with E-state index in [2.05, 4.69) is 4.90 Å². The van der Waals surface area contributed by atoms with Gasteiger partial charge in [0.05, 0.1) is 11.5 Å². The molecule has 2 aliphatic rings. The molecule has 1 atom stereocenters. The number of halogens is 1. The van der Waals surface area contributed by atoms with E-state index in [4.69, 9.17) is 0 Å². The number of rotatable bonds is 4. The third kappa shape index (κ3) is 3.42. The van der Waals surface area contributed by atoms with Gasteiger partial charge in [-0.15, -0.1) is 0 Å². The normalized spacial score (nSPS) is 25.0.